The van der Waals surface area contributed by atoms with Gasteiger partial charge in [-0.25, -0.2) is 13.6 Å². The minimum Gasteiger partial charge on any atom is -0.325 e. The number of nitrogens with zero attached hydrogens (tertiary/aromatic N) is 1. The summed E-state index contributed by atoms with van der Waals surface area (Å²) in [6, 6.07) is 2.94. The maximum absolute atomic E-state index is 13.3. The molecular formula is C11H7F2NO4. The fourth-order valence-corrected chi connectivity index (χ4v) is 1.45. The summed E-state index contributed by atoms with van der Waals surface area (Å²) in [6.45, 7) is 0. The Bertz CT molecular complexity index is 528. The maximum atomic E-state index is 13.3. The number of hydrogen-bond donors (Lipinski definition) is 0. The molecule has 0 bridgehead atoms. The Morgan fingerprint density at radius 3 is 2.39 bits per heavy atom. The molecule has 1 aromatic carbocycles. The van der Waals surface area contributed by atoms with Gasteiger partial charge in [0.1, 0.15) is 5.56 Å². The van der Waals surface area contributed by atoms with E-state index in [4.69, 9.17) is 0 Å². The Morgan fingerprint density at radius 2 is 1.78 bits per heavy atom. The quantitative estimate of drug-likeness (QED) is 0.744. The molecule has 1 aromatic rings. The fourth-order valence-electron chi connectivity index (χ4n) is 1.45. The maximum Gasteiger partial charge on any atom is 0.366 e. The monoisotopic (exact) mass is 255 g/mol. The molecule has 0 radical (unpaired) electrons. The largest absolute Gasteiger partial charge is 0.366 e. The first kappa shape index (κ1) is 12.2. The molecule has 1 aliphatic heterocycles. The van der Waals surface area contributed by atoms with Crippen LogP contribution in [-0.2, 0) is 14.4 Å². The number of carbonyl (C=O) groups is 3. The molecule has 1 saturated heterocycles. The number of hydroxylamine groups is 2. The Kier molecular flexibility index (Phi) is 3.05. The lowest BCUT2D eigenvalue weighted by Crippen LogP contribution is -2.32. The van der Waals surface area contributed by atoms with Crippen LogP contribution in [0.25, 0.3) is 0 Å². The van der Waals surface area contributed by atoms with Crippen molar-refractivity contribution < 1.29 is 28.0 Å². The SMILES string of the molecule is O=C(ON1C(=O)CCC1=O)c1cccc(F)c1F. The van der Waals surface area contributed by atoms with Gasteiger partial charge in [0.25, 0.3) is 11.8 Å². The lowest BCUT2D eigenvalue weighted by molar-refractivity contribution is -0.172. The van der Waals surface area contributed by atoms with Crippen molar-refractivity contribution in [3.05, 3.63) is 35.4 Å². The van der Waals surface area contributed by atoms with Gasteiger partial charge in [-0.05, 0) is 12.1 Å². The minimum atomic E-state index is -1.39. The number of carbonyl (C=O) groups excluding carboxylic acids is 3. The van der Waals surface area contributed by atoms with Crippen molar-refractivity contribution >= 4 is 17.8 Å². The lowest BCUT2D eigenvalue weighted by atomic mass is 10.2. The first-order valence-corrected chi connectivity index (χ1v) is 5.03. The Morgan fingerprint density at radius 1 is 1.17 bits per heavy atom. The lowest BCUT2D eigenvalue weighted by Gasteiger charge is -2.12. The molecule has 0 atom stereocenters. The summed E-state index contributed by atoms with van der Waals surface area (Å²) in [7, 11) is 0. The van der Waals surface area contributed by atoms with Crippen molar-refractivity contribution in [3.8, 4) is 0 Å². The summed E-state index contributed by atoms with van der Waals surface area (Å²) in [4.78, 5) is 38.3. The summed E-state index contributed by atoms with van der Waals surface area (Å²) in [5.41, 5.74) is -0.678. The molecule has 0 aliphatic carbocycles. The van der Waals surface area contributed by atoms with Gasteiger partial charge >= 0.3 is 5.97 Å². The zero-order valence-electron chi connectivity index (χ0n) is 8.98. The molecule has 7 heteroatoms. The Hall–Kier alpha value is -2.31. The number of amides is 2. The second-order valence-electron chi connectivity index (χ2n) is 3.56. The number of imide groups is 1. The van der Waals surface area contributed by atoms with Crippen LogP contribution in [0.15, 0.2) is 18.2 Å². The first-order valence-electron chi connectivity index (χ1n) is 5.03. The van der Waals surface area contributed by atoms with Crippen molar-refractivity contribution in [2.24, 2.45) is 0 Å². The van der Waals surface area contributed by atoms with E-state index >= 15 is 0 Å². The normalized spacial score (nSPS) is 15.1. The number of rotatable bonds is 2. The van der Waals surface area contributed by atoms with Crippen LogP contribution in [-0.4, -0.2) is 22.8 Å². The fraction of sp³-hybridized carbons (Fsp3) is 0.182. The van der Waals surface area contributed by atoms with Gasteiger partial charge in [0.15, 0.2) is 11.6 Å². The van der Waals surface area contributed by atoms with E-state index in [9.17, 15) is 23.2 Å². The van der Waals surface area contributed by atoms with E-state index < -0.39 is 35.0 Å². The summed E-state index contributed by atoms with van der Waals surface area (Å²) < 4.78 is 26.1. The molecule has 2 amide bonds. The molecule has 0 spiro atoms. The summed E-state index contributed by atoms with van der Waals surface area (Å²) in [5, 5.41) is 0.271. The van der Waals surface area contributed by atoms with Gasteiger partial charge < -0.3 is 4.84 Å². The molecular weight excluding hydrogens is 248 g/mol. The number of halogens is 2. The molecule has 2 rings (SSSR count). The van der Waals surface area contributed by atoms with Gasteiger partial charge in [0.2, 0.25) is 0 Å². The standard InChI is InChI=1S/C11H7F2NO4/c12-7-3-1-2-6(10(7)13)11(17)18-14-8(15)4-5-9(14)16/h1-3H,4-5H2. The number of hydrogen-bond acceptors (Lipinski definition) is 4. The van der Waals surface area contributed by atoms with E-state index in [-0.39, 0.29) is 17.9 Å². The van der Waals surface area contributed by atoms with E-state index in [0.29, 0.717) is 0 Å². The van der Waals surface area contributed by atoms with E-state index in [1.54, 1.807) is 0 Å². The van der Waals surface area contributed by atoms with E-state index in [2.05, 4.69) is 4.84 Å². The predicted molar refractivity (Wildman–Crippen MR) is 52.9 cm³/mol. The molecule has 18 heavy (non-hydrogen) atoms. The Balaban J connectivity index is 2.20. The van der Waals surface area contributed by atoms with Crippen molar-refractivity contribution in [1.29, 1.82) is 0 Å². The van der Waals surface area contributed by atoms with Crippen LogP contribution in [0.3, 0.4) is 0 Å². The number of benzene rings is 1. The highest BCUT2D eigenvalue weighted by molar-refractivity contribution is 6.02. The topological polar surface area (TPSA) is 63.7 Å². The molecule has 0 saturated carbocycles. The Labute approximate surface area is 99.9 Å². The second-order valence-corrected chi connectivity index (χ2v) is 3.56. The van der Waals surface area contributed by atoms with E-state index in [1.807, 2.05) is 0 Å². The van der Waals surface area contributed by atoms with Gasteiger partial charge in [0.05, 0.1) is 0 Å². The molecule has 0 unspecified atom stereocenters. The van der Waals surface area contributed by atoms with Crippen LogP contribution >= 0.6 is 0 Å². The first-order chi connectivity index (χ1) is 8.50. The van der Waals surface area contributed by atoms with Crippen LogP contribution in [0.2, 0.25) is 0 Å². The molecule has 0 N–H and O–H groups in total. The molecule has 1 fully saturated rings. The third-order valence-electron chi connectivity index (χ3n) is 2.35. The molecule has 94 valence electrons. The predicted octanol–water partition coefficient (Wildman–Crippen LogP) is 1.19. The van der Waals surface area contributed by atoms with Crippen LogP contribution in [0, 0.1) is 11.6 Å². The highest BCUT2D eigenvalue weighted by Crippen LogP contribution is 2.17. The molecule has 5 nitrogen and oxygen atoms in total. The van der Waals surface area contributed by atoms with Gasteiger partial charge in [0, 0.05) is 12.8 Å². The average Bonchev–Trinajstić information content (AvgIpc) is 2.64. The third kappa shape index (κ3) is 2.06. The summed E-state index contributed by atoms with van der Waals surface area (Å²) in [6.07, 6.45) is -0.143. The van der Waals surface area contributed by atoms with Crippen LogP contribution in [0.5, 0.6) is 0 Å². The van der Waals surface area contributed by atoms with Gasteiger partial charge in [-0.1, -0.05) is 6.07 Å². The van der Waals surface area contributed by atoms with Crippen molar-refractivity contribution in [2.75, 3.05) is 0 Å². The molecule has 1 aliphatic rings. The van der Waals surface area contributed by atoms with E-state index in [1.165, 1.54) is 0 Å². The van der Waals surface area contributed by atoms with Crippen molar-refractivity contribution in [2.45, 2.75) is 12.8 Å². The van der Waals surface area contributed by atoms with Crippen LogP contribution in [0.4, 0.5) is 8.78 Å². The smallest absolute Gasteiger partial charge is 0.325 e. The van der Waals surface area contributed by atoms with Gasteiger partial charge in [-0.3, -0.25) is 9.59 Å². The summed E-state index contributed by atoms with van der Waals surface area (Å²) in [5.74, 6) is -5.28. The highest BCUT2D eigenvalue weighted by atomic mass is 19.2. The van der Waals surface area contributed by atoms with Crippen molar-refractivity contribution in [3.63, 3.8) is 0 Å². The zero-order valence-corrected chi connectivity index (χ0v) is 8.98. The summed E-state index contributed by atoms with van der Waals surface area (Å²) >= 11 is 0. The van der Waals surface area contributed by atoms with Crippen LogP contribution < -0.4 is 0 Å². The average molecular weight is 255 g/mol. The van der Waals surface area contributed by atoms with E-state index in [0.717, 1.165) is 18.2 Å². The van der Waals surface area contributed by atoms with Crippen LogP contribution in [0.1, 0.15) is 23.2 Å². The molecule has 1 heterocycles. The van der Waals surface area contributed by atoms with Gasteiger partial charge in [-0.2, -0.15) is 0 Å². The highest BCUT2D eigenvalue weighted by Gasteiger charge is 2.33. The van der Waals surface area contributed by atoms with Crippen molar-refractivity contribution in [1.82, 2.24) is 5.06 Å². The minimum absolute atomic E-state index is 0.0717. The third-order valence-corrected chi connectivity index (χ3v) is 2.35. The second kappa shape index (κ2) is 4.52. The molecule has 0 aromatic heterocycles. The van der Waals surface area contributed by atoms with Gasteiger partial charge in [-0.15, -0.1) is 5.06 Å². The zero-order chi connectivity index (χ0) is 13.3.